The lowest BCUT2D eigenvalue weighted by molar-refractivity contribution is 0.512. The van der Waals surface area contributed by atoms with Gasteiger partial charge in [-0.05, 0) is 12.5 Å². The Morgan fingerprint density at radius 1 is 0.275 bits per heavy atom. The molecule has 0 aliphatic heterocycles. The standard InChI is InChI=1S/C37H76Cl2Si/c1-40(2,39)37-35-33-31-29-27-25-23-21-19-17-15-13-11-9-7-5-3-4-6-8-10-12-14-16-18-20-22-24-26-28-30-32-34-36-38/h3-37H2,1-2H3. The zero-order valence-corrected chi connectivity index (χ0v) is 30.5. The number of hydrogen-bond donors (Lipinski definition) is 0. The summed E-state index contributed by atoms with van der Waals surface area (Å²) >= 11 is 12.1. The Labute approximate surface area is 266 Å². The Balaban J connectivity index is 3.04. The molecular weight excluding hydrogens is 543 g/mol. The summed E-state index contributed by atoms with van der Waals surface area (Å²) in [6, 6.07) is 1.30. The number of hydrogen-bond acceptors (Lipinski definition) is 0. The van der Waals surface area contributed by atoms with Crippen LogP contribution in [-0.4, -0.2) is 13.3 Å². The highest BCUT2D eigenvalue weighted by atomic mass is 35.6. The first kappa shape index (κ1) is 40.8. The van der Waals surface area contributed by atoms with Gasteiger partial charge in [-0.15, -0.1) is 11.6 Å². The minimum Gasteiger partial charge on any atom is -0.168 e. The normalized spacial score (nSPS) is 12.0. The highest BCUT2D eigenvalue weighted by Gasteiger charge is 2.15. The van der Waals surface area contributed by atoms with Crippen LogP contribution in [0.2, 0.25) is 19.1 Å². The van der Waals surface area contributed by atoms with Gasteiger partial charge in [-0.1, -0.05) is 219 Å². The van der Waals surface area contributed by atoms with Crippen molar-refractivity contribution in [1.29, 1.82) is 0 Å². The lowest BCUT2D eigenvalue weighted by Crippen LogP contribution is -2.14. The second-order valence-corrected chi connectivity index (χ2v) is 21.2. The Morgan fingerprint density at radius 3 is 0.575 bits per heavy atom. The van der Waals surface area contributed by atoms with Gasteiger partial charge in [0.25, 0.3) is 0 Å². The van der Waals surface area contributed by atoms with Crippen molar-refractivity contribution in [3.63, 3.8) is 0 Å². The average molecular weight is 620 g/mol. The van der Waals surface area contributed by atoms with Gasteiger partial charge < -0.3 is 0 Å². The molecule has 0 amide bonds. The Hall–Kier alpha value is 0.797. The molecule has 0 saturated heterocycles. The van der Waals surface area contributed by atoms with Gasteiger partial charge in [0.1, 0.15) is 7.38 Å². The fourth-order valence-corrected chi connectivity index (χ4v) is 7.80. The monoisotopic (exact) mass is 619 g/mol. The number of rotatable bonds is 35. The van der Waals surface area contributed by atoms with E-state index in [0.717, 1.165) is 5.88 Å². The second-order valence-electron chi connectivity index (χ2n) is 13.8. The molecule has 0 unspecified atom stereocenters. The average Bonchev–Trinajstić information content (AvgIpc) is 2.92. The van der Waals surface area contributed by atoms with Crippen molar-refractivity contribution in [3.8, 4) is 0 Å². The first-order valence-electron chi connectivity index (χ1n) is 18.8. The van der Waals surface area contributed by atoms with E-state index in [1.807, 2.05) is 0 Å². The molecule has 0 spiro atoms. The molecule has 40 heavy (non-hydrogen) atoms. The van der Waals surface area contributed by atoms with Gasteiger partial charge in [0, 0.05) is 5.88 Å². The Bertz CT molecular complexity index is 448. The van der Waals surface area contributed by atoms with Crippen molar-refractivity contribution in [2.75, 3.05) is 5.88 Å². The Morgan fingerprint density at radius 2 is 0.425 bits per heavy atom. The van der Waals surface area contributed by atoms with Gasteiger partial charge >= 0.3 is 0 Å². The molecule has 3 heteroatoms. The summed E-state index contributed by atoms with van der Waals surface area (Å²) < 4.78 is 0. The fourth-order valence-electron chi connectivity index (χ4n) is 6.12. The number of unbranched alkanes of at least 4 members (excludes halogenated alkanes) is 32. The number of alkyl halides is 1. The van der Waals surface area contributed by atoms with Gasteiger partial charge in [0.2, 0.25) is 0 Å². The van der Waals surface area contributed by atoms with Crippen molar-refractivity contribution in [3.05, 3.63) is 0 Å². The van der Waals surface area contributed by atoms with Gasteiger partial charge in [0.15, 0.2) is 0 Å². The summed E-state index contributed by atoms with van der Waals surface area (Å²) in [7, 11) is -1.31. The maximum absolute atomic E-state index is 6.40. The quantitative estimate of drug-likeness (QED) is 0.0286. The van der Waals surface area contributed by atoms with Crippen LogP contribution in [0.15, 0.2) is 0 Å². The third-order valence-electron chi connectivity index (χ3n) is 8.90. The van der Waals surface area contributed by atoms with Gasteiger partial charge in [-0.3, -0.25) is 0 Å². The van der Waals surface area contributed by atoms with E-state index in [9.17, 15) is 0 Å². The zero-order valence-electron chi connectivity index (χ0n) is 28.0. The summed E-state index contributed by atoms with van der Waals surface area (Å²) in [4.78, 5) is 0. The minimum atomic E-state index is -1.31. The molecule has 0 radical (unpaired) electrons. The lowest BCUT2D eigenvalue weighted by Gasteiger charge is -2.11. The van der Waals surface area contributed by atoms with E-state index in [4.69, 9.17) is 22.7 Å². The summed E-state index contributed by atoms with van der Waals surface area (Å²) in [6.07, 6.45) is 47.9. The van der Waals surface area contributed by atoms with Crippen molar-refractivity contribution in [1.82, 2.24) is 0 Å². The summed E-state index contributed by atoms with van der Waals surface area (Å²) in [6.45, 7) is 4.55. The maximum atomic E-state index is 6.40. The van der Waals surface area contributed by atoms with Crippen LogP contribution in [0.25, 0.3) is 0 Å². The van der Waals surface area contributed by atoms with Crippen molar-refractivity contribution >= 4 is 30.1 Å². The third-order valence-corrected chi connectivity index (χ3v) is 11.3. The molecular formula is C37H76Cl2Si. The van der Waals surface area contributed by atoms with Crippen molar-refractivity contribution < 1.29 is 0 Å². The van der Waals surface area contributed by atoms with Crippen molar-refractivity contribution in [2.24, 2.45) is 0 Å². The summed E-state index contributed by atoms with van der Waals surface area (Å²) in [5.41, 5.74) is 0. The molecule has 0 heterocycles. The van der Waals surface area contributed by atoms with Crippen LogP contribution in [0.1, 0.15) is 212 Å². The van der Waals surface area contributed by atoms with E-state index < -0.39 is 7.38 Å². The molecule has 0 nitrogen and oxygen atoms in total. The summed E-state index contributed by atoms with van der Waals surface area (Å²) in [5, 5.41) is 0. The molecule has 0 N–H and O–H groups in total. The largest absolute Gasteiger partial charge is 0.168 e. The SMILES string of the molecule is C[Si](C)(Cl)CCCCCCCCCCCCCCCCCCCCCCCCCCCCCCCCCCCCl. The predicted molar refractivity (Wildman–Crippen MR) is 191 cm³/mol. The molecule has 0 rings (SSSR count). The lowest BCUT2D eigenvalue weighted by atomic mass is 10.0. The second kappa shape index (κ2) is 34.3. The van der Waals surface area contributed by atoms with Crippen LogP contribution in [0.4, 0.5) is 0 Å². The summed E-state index contributed by atoms with van der Waals surface area (Å²) in [5.74, 6) is 0.845. The zero-order chi connectivity index (χ0) is 29.2. The van der Waals surface area contributed by atoms with Crippen molar-refractivity contribution in [2.45, 2.75) is 231 Å². The molecule has 0 aromatic heterocycles. The van der Waals surface area contributed by atoms with E-state index >= 15 is 0 Å². The maximum Gasteiger partial charge on any atom is 0.150 e. The van der Waals surface area contributed by atoms with E-state index in [1.54, 1.807) is 0 Å². The van der Waals surface area contributed by atoms with E-state index in [0.29, 0.717) is 0 Å². The molecule has 0 aliphatic carbocycles. The fraction of sp³-hybridized carbons (Fsp3) is 1.00. The molecule has 0 aliphatic rings. The smallest absolute Gasteiger partial charge is 0.150 e. The van der Waals surface area contributed by atoms with Gasteiger partial charge in [-0.2, -0.15) is 11.1 Å². The van der Waals surface area contributed by atoms with Crippen LogP contribution < -0.4 is 0 Å². The predicted octanol–water partition coefficient (Wildman–Crippen LogP) is 15.5. The third kappa shape index (κ3) is 38.8. The molecule has 0 atom stereocenters. The first-order valence-corrected chi connectivity index (χ1v) is 23.6. The highest BCUT2D eigenvalue weighted by Crippen LogP contribution is 2.20. The molecule has 0 aromatic carbocycles. The van der Waals surface area contributed by atoms with Gasteiger partial charge in [-0.25, -0.2) is 0 Å². The first-order chi connectivity index (χ1) is 19.6. The van der Waals surface area contributed by atoms with E-state index in [1.165, 1.54) is 218 Å². The number of halogens is 2. The van der Waals surface area contributed by atoms with Crippen LogP contribution in [0.5, 0.6) is 0 Å². The van der Waals surface area contributed by atoms with E-state index in [2.05, 4.69) is 13.1 Å². The highest BCUT2D eigenvalue weighted by molar-refractivity contribution is 7.19. The van der Waals surface area contributed by atoms with Gasteiger partial charge in [0.05, 0.1) is 0 Å². The van der Waals surface area contributed by atoms with Crippen LogP contribution in [0, 0.1) is 0 Å². The van der Waals surface area contributed by atoms with Crippen LogP contribution >= 0.6 is 22.7 Å². The molecule has 0 bridgehead atoms. The topological polar surface area (TPSA) is 0 Å². The molecule has 0 saturated carbocycles. The van der Waals surface area contributed by atoms with Crippen LogP contribution in [-0.2, 0) is 0 Å². The molecule has 242 valence electrons. The van der Waals surface area contributed by atoms with Crippen LogP contribution in [0.3, 0.4) is 0 Å². The van der Waals surface area contributed by atoms with E-state index in [-0.39, 0.29) is 0 Å². The Kier molecular flexibility index (Phi) is 35.0. The molecule has 0 aromatic rings. The minimum absolute atomic E-state index is 0.845. The molecule has 0 fully saturated rings.